The summed E-state index contributed by atoms with van der Waals surface area (Å²) in [6.45, 7) is 0. The van der Waals surface area contributed by atoms with Crippen molar-refractivity contribution in [3.05, 3.63) is 70.4 Å². The first-order chi connectivity index (χ1) is 14.6. The Morgan fingerprint density at radius 2 is 1.93 bits per heavy atom. The Morgan fingerprint density at radius 3 is 2.70 bits per heavy atom. The maximum Gasteiger partial charge on any atom is 0.256 e. The molecule has 1 fully saturated rings. The van der Waals surface area contributed by atoms with Crippen LogP contribution in [0.3, 0.4) is 0 Å². The van der Waals surface area contributed by atoms with Crippen molar-refractivity contribution in [1.29, 1.82) is 0 Å². The van der Waals surface area contributed by atoms with Crippen molar-refractivity contribution in [2.24, 2.45) is 7.05 Å². The Balaban J connectivity index is 1.58. The van der Waals surface area contributed by atoms with Gasteiger partial charge in [-0.3, -0.25) is 9.48 Å². The summed E-state index contributed by atoms with van der Waals surface area (Å²) in [5.74, 6) is 0.487. The summed E-state index contributed by atoms with van der Waals surface area (Å²) in [5.41, 5.74) is 5.13. The zero-order valence-electron chi connectivity index (χ0n) is 17.1. The van der Waals surface area contributed by atoms with E-state index in [2.05, 4.69) is 24.3 Å². The third kappa shape index (κ3) is 2.91. The molecule has 0 spiro atoms. The summed E-state index contributed by atoms with van der Waals surface area (Å²) in [7, 11) is 3.56. The number of hydrogen-bond donors (Lipinski definition) is 0. The summed E-state index contributed by atoms with van der Waals surface area (Å²) in [5, 5.41) is 5.27. The predicted molar refractivity (Wildman–Crippen MR) is 117 cm³/mol. The monoisotopic (exact) mass is 421 g/mol. The normalized spacial score (nSPS) is 20.0. The Bertz CT molecular complexity index is 1110. The summed E-state index contributed by atoms with van der Waals surface area (Å²) in [6.07, 6.45) is 3.83. The third-order valence-electron chi connectivity index (χ3n) is 6.37. The second-order valence-electron chi connectivity index (χ2n) is 8.04. The van der Waals surface area contributed by atoms with Crippen molar-refractivity contribution in [3.63, 3.8) is 0 Å². The minimum atomic E-state index is -0.0360. The summed E-state index contributed by atoms with van der Waals surface area (Å²) in [6, 6.07) is 15.9. The highest BCUT2D eigenvalue weighted by Gasteiger charge is 2.44. The van der Waals surface area contributed by atoms with E-state index < -0.39 is 0 Å². The van der Waals surface area contributed by atoms with E-state index in [1.807, 2.05) is 28.8 Å². The number of amides is 1. The lowest BCUT2D eigenvalue weighted by Crippen LogP contribution is -2.50. The average Bonchev–Trinajstić information content (AvgIpc) is 3.09. The van der Waals surface area contributed by atoms with E-state index in [1.54, 1.807) is 19.2 Å². The van der Waals surface area contributed by atoms with Gasteiger partial charge in [0.05, 0.1) is 35.1 Å². The minimum Gasteiger partial charge on any atom is -0.495 e. The molecule has 3 heterocycles. The lowest BCUT2D eigenvalue weighted by Gasteiger charge is -2.45. The summed E-state index contributed by atoms with van der Waals surface area (Å²) >= 11 is 6.50. The standard InChI is InChI=1S/C24H24ClN3O2/c1-27-23(15-8-4-3-5-9-15)18-14-16-10-6-12-19(22(18)26-27)28(16)24(29)17-11-7-13-20(30-2)21(17)25/h3-5,7-9,11,13,16,19H,6,10,12,14H2,1-2H3/t16-,19+/m1/s1. The first-order valence-electron chi connectivity index (χ1n) is 10.4. The SMILES string of the molecule is COc1cccc(C(=O)N2[C@@H]3CCC[C@H]2c2nn(C)c(-c4ccccc4)c2C3)c1Cl. The first kappa shape index (κ1) is 19.2. The smallest absolute Gasteiger partial charge is 0.256 e. The molecule has 5 nitrogen and oxygen atoms in total. The third-order valence-corrected chi connectivity index (χ3v) is 6.76. The molecule has 5 rings (SSSR count). The quantitative estimate of drug-likeness (QED) is 0.595. The molecule has 2 atom stereocenters. The maximum atomic E-state index is 13.6. The van der Waals surface area contributed by atoms with Crippen molar-refractivity contribution in [2.45, 2.75) is 37.8 Å². The van der Waals surface area contributed by atoms with Gasteiger partial charge >= 0.3 is 0 Å². The number of carbonyl (C=O) groups is 1. The second-order valence-corrected chi connectivity index (χ2v) is 8.42. The molecule has 0 radical (unpaired) electrons. The average molecular weight is 422 g/mol. The van der Waals surface area contributed by atoms with Crippen molar-refractivity contribution in [3.8, 4) is 17.0 Å². The number of fused-ring (bicyclic) bond motifs is 4. The van der Waals surface area contributed by atoms with Gasteiger partial charge in [0.15, 0.2) is 0 Å². The van der Waals surface area contributed by atoms with Gasteiger partial charge in [0, 0.05) is 24.2 Å². The molecule has 30 heavy (non-hydrogen) atoms. The predicted octanol–water partition coefficient (Wildman–Crippen LogP) is 5.04. The number of rotatable bonds is 3. The van der Waals surface area contributed by atoms with Crippen LogP contribution in [-0.4, -0.2) is 33.7 Å². The van der Waals surface area contributed by atoms with Crippen LogP contribution in [-0.2, 0) is 13.5 Å². The first-order valence-corrected chi connectivity index (χ1v) is 10.7. The molecule has 0 saturated carbocycles. The fraction of sp³-hybridized carbons (Fsp3) is 0.333. The largest absolute Gasteiger partial charge is 0.495 e. The van der Waals surface area contributed by atoms with Crippen LogP contribution in [0.25, 0.3) is 11.3 Å². The van der Waals surface area contributed by atoms with Gasteiger partial charge in [-0.1, -0.05) is 48.0 Å². The number of benzene rings is 2. The number of piperidine rings is 1. The number of halogens is 1. The Labute approximate surface area is 181 Å². The highest BCUT2D eigenvalue weighted by molar-refractivity contribution is 6.35. The molecule has 154 valence electrons. The molecule has 0 unspecified atom stereocenters. The zero-order valence-corrected chi connectivity index (χ0v) is 17.9. The Morgan fingerprint density at radius 1 is 1.13 bits per heavy atom. The van der Waals surface area contributed by atoms with E-state index in [0.29, 0.717) is 16.3 Å². The van der Waals surface area contributed by atoms with Crippen LogP contribution < -0.4 is 4.74 Å². The number of hydrogen-bond acceptors (Lipinski definition) is 3. The van der Waals surface area contributed by atoms with Gasteiger partial charge in [0.1, 0.15) is 5.75 Å². The fourth-order valence-corrected chi connectivity index (χ4v) is 5.36. The molecule has 2 bridgehead atoms. The number of methoxy groups -OCH3 is 1. The molecule has 0 aliphatic carbocycles. The van der Waals surface area contributed by atoms with Crippen molar-refractivity contribution in [2.75, 3.05) is 7.11 Å². The Hall–Kier alpha value is -2.79. The molecule has 1 amide bonds. The minimum absolute atomic E-state index is 0.0223. The molecule has 0 N–H and O–H groups in total. The molecule has 2 aromatic carbocycles. The van der Waals surface area contributed by atoms with Gasteiger partial charge < -0.3 is 9.64 Å². The number of carbonyl (C=O) groups excluding carboxylic acids is 1. The van der Waals surface area contributed by atoms with Crippen molar-refractivity contribution >= 4 is 17.5 Å². The molecule has 2 aliphatic rings. The van der Waals surface area contributed by atoms with Crippen molar-refractivity contribution in [1.82, 2.24) is 14.7 Å². The van der Waals surface area contributed by atoms with E-state index in [1.165, 1.54) is 11.1 Å². The van der Waals surface area contributed by atoms with Gasteiger partial charge in [0.25, 0.3) is 5.91 Å². The van der Waals surface area contributed by atoms with E-state index in [4.69, 9.17) is 21.4 Å². The Kier molecular flexibility index (Phi) is 4.78. The lowest BCUT2D eigenvalue weighted by atomic mass is 9.81. The van der Waals surface area contributed by atoms with E-state index >= 15 is 0 Å². The van der Waals surface area contributed by atoms with E-state index in [0.717, 1.165) is 37.1 Å². The summed E-state index contributed by atoms with van der Waals surface area (Å²) in [4.78, 5) is 15.6. The van der Waals surface area contributed by atoms with Crippen molar-refractivity contribution < 1.29 is 9.53 Å². The van der Waals surface area contributed by atoms with Crippen LogP contribution in [0.4, 0.5) is 0 Å². The molecular weight excluding hydrogens is 398 g/mol. The molecule has 1 aromatic heterocycles. The highest BCUT2D eigenvalue weighted by atomic mass is 35.5. The number of nitrogens with zero attached hydrogens (tertiary/aromatic N) is 3. The maximum absolute atomic E-state index is 13.6. The van der Waals surface area contributed by atoms with Crippen LogP contribution in [0.2, 0.25) is 5.02 Å². The number of ether oxygens (including phenoxy) is 1. The number of aryl methyl sites for hydroxylation is 1. The zero-order chi connectivity index (χ0) is 20.8. The van der Waals surface area contributed by atoms with Gasteiger partial charge in [-0.15, -0.1) is 0 Å². The van der Waals surface area contributed by atoms with Gasteiger partial charge in [-0.25, -0.2) is 0 Å². The van der Waals surface area contributed by atoms with E-state index in [-0.39, 0.29) is 18.0 Å². The number of aromatic nitrogens is 2. The van der Waals surface area contributed by atoms with Gasteiger partial charge in [0.2, 0.25) is 0 Å². The second kappa shape index (κ2) is 7.47. The van der Waals surface area contributed by atoms with Gasteiger partial charge in [-0.2, -0.15) is 5.10 Å². The summed E-state index contributed by atoms with van der Waals surface area (Å²) < 4.78 is 7.30. The fourth-order valence-electron chi connectivity index (χ4n) is 5.08. The molecule has 3 aromatic rings. The van der Waals surface area contributed by atoms with Crippen LogP contribution in [0.15, 0.2) is 48.5 Å². The molecule has 1 saturated heterocycles. The molecular formula is C24H24ClN3O2. The van der Waals surface area contributed by atoms with Crippen LogP contribution in [0, 0.1) is 0 Å². The molecule has 6 heteroatoms. The highest BCUT2D eigenvalue weighted by Crippen LogP contribution is 2.45. The molecule has 2 aliphatic heterocycles. The van der Waals surface area contributed by atoms with E-state index in [9.17, 15) is 4.79 Å². The lowest BCUT2D eigenvalue weighted by molar-refractivity contribution is 0.0391. The van der Waals surface area contributed by atoms with Crippen LogP contribution in [0.1, 0.15) is 46.9 Å². The van der Waals surface area contributed by atoms with Gasteiger partial charge in [-0.05, 0) is 37.8 Å². The van der Waals surface area contributed by atoms with Crippen LogP contribution in [0.5, 0.6) is 5.75 Å². The van der Waals surface area contributed by atoms with Crippen LogP contribution >= 0.6 is 11.6 Å². The topological polar surface area (TPSA) is 47.4 Å².